The van der Waals surface area contributed by atoms with Gasteiger partial charge in [0.15, 0.2) is 4.90 Å². The molecule has 0 bridgehead atoms. The molecule has 4 rings (SSSR count). The normalized spacial score (nSPS) is 15.2. The van der Waals surface area contributed by atoms with Gasteiger partial charge in [-0.3, -0.25) is 9.10 Å². The summed E-state index contributed by atoms with van der Waals surface area (Å²) in [5.74, 6) is -1.59. The van der Waals surface area contributed by atoms with E-state index in [2.05, 4.69) is 9.72 Å². The molecule has 2 heterocycles. The van der Waals surface area contributed by atoms with E-state index >= 15 is 0 Å². The van der Waals surface area contributed by atoms with Crippen LogP contribution in [0, 0.1) is 5.82 Å². The van der Waals surface area contributed by atoms with Gasteiger partial charge in [0.2, 0.25) is 5.88 Å². The summed E-state index contributed by atoms with van der Waals surface area (Å²) < 4.78 is 100. The van der Waals surface area contributed by atoms with Crippen molar-refractivity contribution in [3.8, 4) is 11.6 Å². The Kier molecular flexibility index (Phi) is 10.4. The number of methoxy groups -OCH3 is 1. The summed E-state index contributed by atoms with van der Waals surface area (Å²) >= 11 is 6.10. The molecular formula is C29H27ClF4N2O7S. The smallest absolute Gasteiger partial charge is 0.417 e. The number of carbonyl (C=O) groups excluding carboxylic acids is 1. The highest BCUT2D eigenvalue weighted by molar-refractivity contribution is 7.93. The predicted octanol–water partition coefficient (Wildman–Crippen LogP) is 5.73. The Morgan fingerprint density at radius 1 is 1.23 bits per heavy atom. The number of hydrogen-bond acceptors (Lipinski definition) is 8. The number of aliphatic hydroxyl groups excluding tert-OH is 1. The minimum absolute atomic E-state index is 0.0125. The summed E-state index contributed by atoms with van der Waals surface area (Å²) in [6.45, 7) is -1.31. The predicted molar refractivity (Wildman–Crippen MR) is 153 cm³/mol. The average molecular weight is 659 g/mol. The Bertz CT molecular complexity index is 1630. The third-order valence-corrected chi connectivity index (χ3v) is 8.64. The summed E-state index contributed by atoms with van der Waals surface area (Å²) in [6.07, 6.45) is -1.86. The molecule has 1 aromatic heterocycles. The molecule has 0 spiro atoms. The van der Waals surface area contributed by atoms with Crippen molar-refractivity contribution in [2.75, 3.05) is 31.2 Å². The second kappa shape index (κ2) is 13.8. The molecule has 0 saturated heterocycles. The summed E-state index contributed by atoms with van der Waals surface area (Å²) in [4.78, 5) is 14.3. The SMILES string of the molecule is COC(=O)CCCC1CN(S(=O)(=O)c2cc(C(F)(F)F)cnc2OCCO)c2cc(C=Cc3c(F)cccc3Cl)ccc2O1. The summed E-state index contributed by atoms with van der Waals surface area (Å²) in [5, 5.41) is 9.32. The van der Waals surface area contributed by atoms with Crippen molar-refractivity contribution >= 4 is 45.4 Å². The zero-order valence-electron chi connectivity index (χ0n) is 23.2. The van der Waals surface area contributed by atoms with E-state index in [9.17, 15) is 35.9 Å². The van der Waals surface area contributed by atoms with Crippen molar-refractivity contribution < 1.29 is 50.1 Å². The molecule has 0 radical (unpaired) electrons. The monoisotopic (exact) mass is 658 g/mol. The number of anilines is 1. The quantitative estimate of drug-likeness (QED) is 0.158. The van der Waals surface area contributed by atoms with E-state index in [0.29, 0.717) is 17.8 Å². The van der Waals surface area contributed by atoms with Gasteiger partial charge in [0.25, 0.3) is 10.0 Å². The van der Waals surface area contributed by atoms with E-state index in [1.54, 1.807) is 6.07 Å². The number of ether oxygens (including phenoxy) is 3. The van der Waals surface area contributed by atoms with Crippen molar-refractivity contribution in [1.29, 1.82) is 0 Å². The van der Waals surface area contributed by atoms with E-state index in [0.717, 1.165) is 4.31 Å². The first-order chi connectivity index (χ1) is 20.8. The van der Waals surface area contributed by atoms with Crippen LogP contribution >= 0.6 is 11.6 Å². The molecule has 1 aliphatic heterocycles. The molecule has 44 heavy (non-hydrogen) atoms. The highest BCUT2D eigenvalue weighted by atomic mass is 35.5. The second-order valence-electron chi connectivity index (χ2n) is 9.54. The molecule has 9 nitrogen and oxygen atoms in total. The number of esters is 1. The van der Waals surface area contributed by atoms with Gasteiger partial charge in [-0.05, 0) is 54.8 Å². The maximum atomic E-state index is 14.3. The van der Waals surface area contributed by atoms with Crippen LogP contribution in [0.15, 0.2) is 53.6 Å². The van der Waals surface area contributed by atoms with E-state index in [-0.39, 0.29) is 47.8 Å². The molecule has 1 unspecified atom stereocenters. The Morgan fingerprint density at radius 3 is 2.68 bits per heavy atom. The van der Waals surface area contributed by atoms with E-state index in [1.807, 2.05) is 0 Å². The van der Waals surface area contributed by atoms with E-state index in [4.69, 9.17) is 21.1 Å². The number of pyridine rings is 1. The van der Waals surface area contributed by atoms with Gasteiger partial charge in [-0.1, -0.05) is 29.8 Å². The third-order valence-electron chi connectivity index (χ3n) is 6.54. The minimum atomic E-state index is -4.92. The zero-order valence-corrected chi connectivity index (χ0v) is 24.8. The molecule has 1 atom stereocenters. The number of sulfonamides is 1. The number of aliphatic hydroxyl groups is 1. The van der Waals surface area contributed by atoms with Crippen LogP contribution in [0.1, 0.15) is 36.0 Å². The number of carbonyl (C=O) groups is 1. The molecule has 0 saturated carbocycles. The Hall–Kier alpha value is -3.88. The van der Waals surface area contributed by atoms with Gasteiger partial charge in [0.05, 0.1) is 36.5 Å². The van der Waals surface area contributed by atoms with Crippen LogP contribution < -0.4 is 13.8 Å². The van der Waals surface area contributed by atoms with Gasteiger partial charge < -0.3 is 19.3 Å². The lowest BCUT2D eigenvalue weighted by Gasteiger charge is -2.36. The van der Waals surface area contributed by atoms with Crippen LogP contribution in [-0.2, 0) is 25.7 Å². The Balaban J connectivity index is 1.79. The first kappa shape index (κ1) is 33.0. The number of hydrogen-bond donors (Lipinski definition) is 1. The number of alkyl halides is 3. The lowest BCUT2D eigenvalue weighted by Crippen LogP contribution is -2.43. The molecular weight excluding hydrogens is 632 g/mol. The van der Waals surface area contributed by atoms with Gasteiger partial charge in [-0.2, -0.15) is 13.2 Å². The fraction of sp³-hybridized carbons (Fsp3) is 0.310. The summed E-state index contributed by atoms with van der Waals surface area (Å²) in [6, 6.07) is 9.04. The lowest BCUT2D eigenvalue weighted by atomic mass is 10.1. The van der Waals surface area contributed by atoms with Crippen LogP contribution in [0.5, 0.6) is 11.6 Å². The molecule has 236 valence electrons. The third kappa shape index (κ3) is 7.60. The standard InChI is InChI=1S/C29H27ClF4N2O7S/c1-41-27(38)7-2-4-20-17-36(44(39,40)26-15-19(29(32,33)34)16-35-28(26)42-13-12-37)24-14-18(9-11-25(24)43-20)8-10-21-22(30)5-3-6-23(21)31/h3,5-6,8-11,14-16,20,37H,2,4,7,12-13,17H2,1H3. The Labute approximate surface area is 255 Å². The molecule has 1 aliphatic rings. The zero-order chi connectivity index (χ0) is 32.1. The number of benzene rings is 2. The van der Waals surface area contributed by atoms with Crippen LogP contribution in [0.4, 0.5) is 23.2 Å². The molecule has 0 aliphatic carbocycles. The van der Waals surface area contributed by atoms with Crippen LogP contribution in [0.2, 0.25) is 5.02 Å². The lowest BCUT2D eigenvalue weighted by molar-refractivity contribution is -0.141. The highest BCUT2D eigenvalue weighted by Crippen LogP contribution is 2.41. The number of halogens is 5. The first-order valence-corrected chi connectivity index (χ1v) is 15.0. The fourth-order valence-electron chi connectivity index (χ4n) is 4.38. The molecule has 2 aromatic carbocycles. The average Bonchev–Trinajstić information content (AvgIpc) is 2.98. The van der Waals surface area contributed by atoms with Gasteiger partial charge in [0.1, 0.15) is 24.3 Å². The van der Waals surface area contributed by atoms with Crippen molar-refractivity contribution in [2.45, 2.75) is 36.4 Å². The largest absolute Gasteiger partial charge is 0.486 e. The van der Waals surface area contributed by atoms with Crippen molar-refractivity contribution in [3.63, 3.8) is 0 Å². The Morgan fingerprint density at radius 2 is 2.00 bits per heavy atom. The highest BCUT2D eigenvalue weighted by Gasteiger charge is 2.39. The van der Waals surface area contributed by atoms with Crippen molar-refractivity contribution in [2.24, 2.45) is 0 Å². The molecule has 1 N–H and O–H groups in total. The number of rotatable bonds is 11. The maximum absolute atomic E-state index is 14.3. The fourth-order valence-corrected chi connectivity index (χ4v) is 6.21. The number of nitrogens with zero attached hydrogens (tertiary/aromatic N) is 2. The van der Waals surface area contributed by atoms with Gasteiger partial charge in [-0.25, -0.2) is 17.8 Å². The molecule has 0 amide bonds. The van der Waals surface area contributed by atoms with Crippen LogP contribution in [-0.4, -0.2) is 57.4 Å². The summed E-state index contributed by atoms with van der Waals surface area (Å²) in [7, 11) is -3.58. The molecule has 0 fully saturated rings. The first-order valence-electron chi connectivity index (χ1n) is 13.2. The van der Waals surface area contributed by atoms with E-state index < -0.39 is 63.6 Å². The number of fused-ring (bicyclic) bond motifs is 1. The molecule has 15 heteroatoms. The van der Waals surface area contributed by atoms with Gasteiger partial charge in [0, 0.05) is 18.2 Å². The van der Waals surface area contributed by atoms with Crippen molar-refractivity contribution in [1.82, 2.24) is 4.98 Å². The van der Waals surface area contributed by atoms with Crippen molar-refractivity contribution in [3.05, 3.63) is 76.2 Å². The maximum Gasteiger partial charge on any atom is 0.417 e. The topological polar surface area (TPSA) is 115 Å². The second-order valence-corrected chi connectivity index (χ2v) is 11.8. The van der Waals surface area contributed by atoms with Crippen LogP contribution in [0.3, 0.4) is 0 Å². The van der Waals surface area contributed by atoms with Crippen LogP contribution in [0.25, 0.3) is 12.2 Å². The van der Waals surface area contributed by atoms with Gasteiger partial charge >= 0.3 is 12.1 Å². The minimum Gasteiger partial charge on any atom is -0.486 e. The van der Waals surface area contributed by atoms with E-state index in [1.165, 1.54) is 49.6 Å². The summed E-state index contributed by atoms with van der Waals surface area (Å²) in [5.41, 5.74) is -0.843. The molecule has 3 aromatic rings. The van der Waals surface area contributed by atoms with Gasteiger partial charge in [-0.15, -0.1) is 0 Å². The number of aromatic nitrogens is 1.